The van der Waals surface area contributed by atoms with Crippen molar-refractivity contribution >= 4 is 17.4 Å². The van der Waals surface area contributed by atoms with Gasteiger partial charge < -0.3 is 10.0 Å². The Morgan fingerprint density at radius 2 is 1.72 bits per heavy atom. The second-order valence-corrected chi connectivity index (χ2v) is 8.93. The van der Waals surface area contributed by atoms with Crippen molar-refractivity contribution in [3.8, 4) is 0 Å². The minimum absolute atomic E-state index is 0.0150. The summed E-state index contributed by atoms with van der Waals surface area (Å²) in [6.45, 7) is 5.62. The van der Waals surface area contributed by atoms with Crippen molar-refractivity contribution in [1.82, 2.24) is 9.80 Å². The van der Waals surface area contributed by atoms with Crippen LogP contribution in [-0.4, -0.2) is 52.5 Å². The summed E-state index contributed by atoms with van der Waals surface area (Å²) in [4.78, 5) is 30.8. The normalized spacial score (nSPS) is 24.0. The van der Waals surface area contributed by atoms with Crippen LogP contribution in [0.5, 0.6) is 0 Å². The van der Waals surface area contributed by atoms with Gasteiger partial charge in [-0.05, 0) is 62.1 Å². The van der Waals surface area contributed by atoms with Gasteiger partial charge in [0.25, 0.3) is 11.8 Å². The lowest BCUT2D eigenvalue weighted by molar-refractivity contribution is -0.141. The highest BCUT2D eigenvalue weighted by Crippen LogP contribution is 2.37. The fraction of sp³-hybridized carbons (Fsp3) is 0.583. The standard InChI is InChI=1S/C24H32N2O3/c1-16-10-11-19(13-17(16)2)21-22(25-12-6-7-18(14-25)15-27)24(29)26(23(21)28)20-8-4-3-5-9-20/h10-11,13,18,20,27H,3-9,12,14-15H2,1-2H3. The zero-order valence-corrected chi connectivity index (χ0v) is 17.6. The minimum atomic E-state index is -0.133. The molecule has 5 nitrogen and oxygen atoms in total. The fourth-order valence-corrected chi connectivity index (χ4v) is 5.07. The largest absolute Gasteiger partial charge is 0.396 e. The predicted octanol–water partition coefficient (Wildman–Crippen LogP) is 3.42. The number of rotatable bonds is 4. The zero-order valence-electron chi connectivity index (χ0n) is 17.6. The van der Waals surface area contributed by atoms with Crippen LogP contribution in [0.25, 0.3) is 5.57 Å². The van der Waals surface area contributed by atoms with Gasteiger partial charge in [-0.15, -0.1) is 0 Å². The van der Waals surface area contributed by atoms with Crippen molar-refractivity contribution in [1.29, 1.82) is 0 Å². The molecule has 2 amide bonds. The average molecular weight is 397 g/mol. The Labute approximate surface area is 173 Å². The van der Waals surface area contributed by atoms with Crippen molar-refractivity contribution in [2.45, 2.75) is 64.8 Å². The van der Waals surface area contributed by atoms with Gasteiger partial charge in [-0.3, -0.25) is 14.5 Å². The van der Waals surface area contributed by atoms with Crippen LogP contribution < -0.4 is 0 Å². The molecule has 29 heavy (non-hydrogen) atoms. The number of nitrogens with zero attached hydrogens (tertiary/aromatic N) is 2. The molecule has 0 bridgehead atoms. The van der Waals surface area contributed by atoms with E-state index in [1.54, 1.807) is 4.90 Å². The SMILES string of the molecule is Cc1ccc(C2=C(N3CCCC(CO)C3)C(=O)N(C3CCCCC3)C2=O)cc1C. The number of hydrogen-bond acceptors (Lipinski definition) is 4. The first-order valence-electron chi connectivity index (χ1n) is 11.1. The van der Waals surface area contributed by atoms with Gasteiger partial charge >= 0.3 is 0 Å². The lowest BCUT2D eigenvalue weighted by atomic mass is 9.94. The third-order valence-corrected chi connectivity index (χ3v) is 6.92. The van der Waals surface area contributed by atoms with E-state index in [2.05, 4.69) is 11.8 Å². The number of likely N-dealkylation sites (tertiary alicyclic amines) is 1. The third kappa shape index (κ3) is 3.73. The van der Waals surface area contributed by atoms with Crippen molar-refractivity contribution in [2.75, 3.05) is 19.7 Å². The monoisotopic (exact) mass is 396 g/mol. The Bertz CT molecular complexity index is 839. The Morgan fingerprint density at radius 1 is 0.966 bits per heavy atom. The highest BCUT2D eigenvalue weighted by Gasteiger charge is 2.45. The van der Waals surface area contributed by atoms with Gasteiger partial charge in [0.2, 0.25) is 0 Å². The maximum Gasteiger partial charge on any atom is 0.278 e. The van der Waals surface area contributed by atoms with E-state index in [9.17, 15) is 14.7 Å². The molecule has 1 atom stereocenters. The Morgan fingerprint density at radius 3 is 2.41 bits per heavy atom. The van der Waals surface area contributed by atoms with E-state index < -0.39 is 0 Å². The first kappa shape index (κ1) is 20.1. The second kappa shape index (κ2) is 8.31. The smallest absolute Gasteiger partial charge is 0.278 e. The number of carbonyl (C=O) groups excluding carboxylic acids is 2. The van der Waals surface area contributed by atoms with Gasteiger partial charge in [-0.1, -0.05) is 37.5 Å². The number of carbonyl (C=O) groups is 2. The summed E-state index contributed by atoms with van der Waals surface area (Å²) in [7, 11) is 0. The van der Waals surface area contributed by atoms with Gasteiger partial charge in [0.15, 0.2) is 0 Å². The van der Waals surface area contributed by atoms with Crippen LogP contribution in [-0.2, 0) is 9.59 Å². The molecule has 1 unspecified atom stereocenters. The van der Waals surface area contributed by atoms with Crippen molar-refractivity contribution in [3.05, 3.63) is 40.6 Å². The van der Waals surface area contributed by atoms with Crippen LogP contribution in [0.3, 0.4) is 0 Å². The molecule has 3 aliphatic rings. The predicted molar refractivity (Wildman–Crippen MR) is 113 cm³/mol. The molecule has 0 radical (unpaired) electrons. The summed E-state index contributed by atoms with van der Waals surface area (Å²) in [5, 5.41) is 9.67. The number of benzene rings is 1. The van der Waals surface area contributed by atoms with Gasteiger partial charge in [0.05, 0.1) is 5.57 Å². The molecule has 2 fully saturated rings. The summed E-state index contributed by atoms with van der Waals surface area (Å²) < 4.78 is 0. The second-order valence-electron chi connectivity index (χ2n) is 8.93. The van der Waals surface area contributed by atoms with E-state index >= 15 is 0 Å². The topological polar surface area (TPSA) is 60.9 Å². The molecular weight excluding hydrogens is 364 g/mol. The summed E-state index contributed by atoms with van der Waals surface area (Å²) in [6.07, 6.45) is 7.04. The van der Waals surface area contributed by atoms with E-state index in [0.717, 1.165) is 56.2 Å². The molecule has 1 saturated heterocycles. The quantitative estimate of drug-likeness (QED) is 0.792. The third-order valence-electron chi connectivity index (χ3n) is 6.92. The summed E-state index contributed by atoms with van der Waals surface area (Å²) in [5.41, 5.74) is 4.25. The van der Waals surface area contributed by atoms with E-state index in [4.69, 9.17) is 0 Å². The van der Waals surface area contributed by atoms with Crippen LogP contribution >= 0.6 is 0 Å². The number of imide groups is 1. The average Bonchev–Trinajstić information content (AvgIpc) is 3.01. The Hall–Kier alpha value is -2.14. The van der Waals surface area contributed by atoms with E-state index in [0.29, 0.717) is 17.8 Å². The number of amides is 2. The molecule has 1 aromatic rings. The number of aryl methyl sites for hydroxylation is 2. The molecule has 2 heterocycles. The van der Waals surface area contributed by atoms with Gasteiger partial charge in [-0.25, -0.2) is 0 Å². The maximum absolute atomic E-state index is 13.6. The molecule has 1 aromatic carbocycles. The first-order valence-corrected chi connectivity index (χ1v) is 11.1. The molecule has 1 aliphatic carbocycles. The van der Waals surface area contributed by atoms with Crippen LogP contribution in [0.4, 0.5) is 0 Å². The number of aliphatic hydroxyl groups is 1. The molecule has 1 saturated carbocycles. The van der Waals surface area contributed by atoms with Gasteiger partial charge in [0, 0.05) is 25.7 Å². The Balaban J connectivity index is 1.77. The van der Waals surface area contributed by atoms with Crippen LogP contribution in [0.1, 0.15) is 61.6 Å². The first-order chi connectivity index (χ1) is 14.0. The molecule has 2 aliphatic heterocycles. The minimum Gasteiger partial charge on any atom is -0.396 e. The van der Waals surface area contributed by atoms with E-state index in [-0.39, 0.29) is 30.4 Å². The lowest BCUT2D eigenvalue weighted by Crippen LogP contribution is -2.45. The molecule has 4 rings (SSSR count). The fourth-order valence-electron chi connectivity index (χ4n) is 5.07. The summed E-state index contributed by atoms with van der Waals surface area (Å²) in [6, 6.07) is 6.05. The van der Waals surface area contributed by atoms with E-state index in [1.807, 2.05) is 25.1 Å². The summed E-state index contributed by atoms with van der Waals surface area (Å²) >= 11 is 0. The highest BCUT2D eigenvalue weighted by molar-refractivity contribution is 6.35. The van der Waals surface area contributed by atoms with E-state index in [1.165, 1.54) is 12.0 Å². The lowest BCUT2D eigenvalue weighted by Gasteiger charge is -2.35. The van der Waals surface area contributed by atoms with Crippen molar-refractivity contribution in [2.24, 2.45) is 5.92 Å². The molecule has 156 valence electrons. The maximum atomic E-state index is 13.6. The molecule has 1 N–H and O–H groups in total. The van der Waals surface area contributed by atoms with Crippen molar-refractivity contribution < 1.29 is 14.7 Å². The van der Waals surface area contributed by atoms with Gasteiger partial charge in [0.1, 0.15) is 5.70 Å². The zero-order chi connectivity index (χ0) is 20.5. The molecule has 0 spiro atoms. The van der Waals surface area contributed by atoms with Crippen LogP contribution in [0.15, 0.2) is 23.9 Å². The molecule has 5 heteroatoms. The van der Waals surface area contributed by atoms with Crippen LogP contribution in [0.2, 0.25) is 0 Å². The Kier molecular flexibility index (Phi) is 5.77. The number of aliphatic hydroxyl groups excluding tert-OH is 1. The molecule has 0 aromatic heterocycles. The number of piperidine rings is 1. The molecular formula is C24H32N2O3. The van der Waals surface area contributed by atoms with Gasteiger partial charge in [-0.2, -0.15) is 0 Å². The summed E-state index contributed by atoms with van der Waals surface area (Å²) in [5.74, 6) is -0.108. The number of hydrogen-bond donors (Lipinski definition) is 1. The highest BCUT2D eigenvalue weighted by atomic mass is 16.3. The van der Waals surface area contributed by atoms with Crippen molar-refractivity contribution in [3.63, 3.8) is 0 Å². The van der Waals surface area contributed by atoms with Crippen LogP contribution in [0, 0.1) is 19.8 Å².